The van der Waals surface area contributed by atoms with Gasteiger partial charge in [0.05, 0.1) is 0 Å². The van der Waals surface area contributed by atoms with Gasteiger partial charge < -0.3 is 10.2 Å². The monoisotopic (exact) mass is 232 g/mol. The molecule has 1 fully saturated rings. The van der Waals surface area contributed by atoms with Crippen LogP contribution in [0.4, 0.5) is 0 Å². The highest BCUT2D eigenvalue weighted by atomic mass is 15.2. The third-order valence-corrected chi connectivity index (χ3v) is 3.48. The minimum absolute atomic E-state index is 0.621. The number of benzene rings is 1. The number of hydrogen-bond donors (Lipinski definition) is 1. The summed E-state index contributed by atoms with van der Waals surface area (Å²) in [6.07, 6.45) is 1.17. The summed E-state index contributed by atoms with van der Waals surface area (Å²) in [7, 11) is 0. The van der Waals surface area contributed by atoms with Gasteiger partial charge in [0.1, 0.15) is 0 Å². The van der Waals surface area contributed by atoms with Crippen LogP contribution in [0.3, 0.4) is 0 Å². The van der Waals surface area contributed by atoms with Crippen molar-refractivity contribution in [1.29, 1.82) is 0 Å². The third-order valence-electron chi connectivity index (χ3n) is 3.48. The van der Waals surface area contributed by atoms with Crippen LogP contribution in [0.2, 0.25) is 0 Å². The second-order valence-electron chi connectivity index (χ2n) is 5.41. The average molecular weight is 232 g/mol. The molecule has 0 spiro atoms. The van der Waals surface area contributed by atoms with E-state index in [1.165, 1.54) is 31.6 Å². The van der Waals surface area contributed by atoms with E-state index < -0.39 is 0 Å². The molecule has 0 aromatic heterocycles. The summed E-state index contributed by atoms with van der Waals surface area (Å²) in [5.74, 6) is 0.760. The molecule has 94 valence electrons. The Morgan fingerprint density at radius 2 is 1.94 bits per heavy atom. The molecule has 2 heteroatoms. The minimum Gasteiger partial charge on any atom is -0.313 e. The van der Waals surface area contributed by atoms with E-state index in [1.807, 2.05) is 0 Å². The lowest BCUT2D eigenvalue weighted by Gasteiger charge is -2.23. The molecule has 0 radical (unpaired) electrons. The second kappa shape index (κ2) is 6.18. The first kappa shape index (κ1) is 12.6. The molecule has 1 aromatic rings. The van der Waals surface area contributed by atoms with Gasteiger partial charge in [-0.3, -0.25) is 0 Å². The summed E-state index contributed by atoms with van der Waals surface area (Å²) in [5.41, 5.74) is 1.45. The summed E-state index contributed by atoms with van der Waals surface area (Å²) in [6.45, 7) is 9.36. The van der Waals surface area contributed by atoms with Crippen molar-refractivity contribution in [2.45, 2.75) is 26.3 Å². The van der Waals surface area contributed by atoms with Crippen LogP contribution in [0.5, 0.6) is 0 Å². The Kier molecular flexibility index (Phi) is 4.57. The predicted molar refractivity (Wildman–Crippen MR) is 73.2 cm³/mol. The zero-order chi connectivity index (χ0) is 12.1. The van der Waals surface area contributed by atoms with Crippen molar-refractivity contribution in [2.75, 3.05) is 26.2 Å². The number of nitrogens with one attached hydrogen (secondary N) is 1. The van der Waals surface area contributed by atoms with Crippen LogP contribution in [0, 0.1) is 5.92 Å². The van der Waals surface area contributed by atoms with Crippen LogP contribution in [0.1, 0.15) is 19.4 Å². The topological polar surface area (TPSA) is 15.3 Å². The first-order valence-corrected chi connectivity index (χ1v) is 6.73. The second-order valence-corrected chi connectivity index (χ2v) is 5.41. The van der Waals surface area contributed by atoms with Crippen molar-refractivity contribution >= 4 is 0 Å². The van der Waals surface area contributed by atoms with Crippen LogP contribution < -0.4 is 5.32 Å². The fourth-order valence-electron chi connectivity index (χ4n) is 2.55. The molecule has 2 unspecified atom stereocenters. The lowest BCUT2D eigenvalue weighted by Crippen LogP contribution is -2.36. The summed E-state index contributed by atoms with van der Waals surface area (Å²) in [5, 5.41) is 3.58. The number of rotatable bonds is 3. The molecule has 1 aliphatic heterocycles. The van der Waals surface area contributed by atoms with Crippen LogP contribution in [-0.2, 0) is 6.42 Å². The zero-order valence-corrected chi connectivity index (χ0v) is 11.0. The molecule has 1 aliphatic rings. The van der Waals surface area contributed by atoms with E-state index in [0.29, 0.717) is 6.04 Å². The van der Waals surface area contributed by atoms with Crippen molar-refractivity contribution in [3.8, 4) is 0 Å². The molecule has 2 nitrogen and oxygen atoms in total. The normalized spacial score (nSPS) is 26.7. The van der Waals surface area contributed by atoms with Crippen molar-refractivity contribution in [3.63, 3.8) is 0 Å². The third kappa shape index (κ3) is 4.14. The highest BCUT2D eigenvalue weighted by molar-refractivity contribution is 5.14. The molecular formula is C15H24N2. The highest BCUT2D eigenvalue weighted by Gasteiger charge is 2.17. The van der Waals surface area contributed by atoms with Crippen molar-refractivity contribution in [2.24, 2.45) is 5.92 Å². The van der Waals surface area contributed by atoms with Gasteiger partial charge in [0.15, 0.2) is 0 Å². The maximum Gasteiger partial charge on any atom is 0.0166 e. The van der Waals surface area contributed by atoms with Gasteiger partial charge in [-0.1, -0.05) is 37.3 Å². The van der Waals surface area contributed by atoms with Crippen LogP contribution >= 0.6 is 0 Å². The summed E-state index contributed by atoms with van der Waals surface area (Å²) in [6, 6.07) is 11.4. The smallest absolute Gasteiger partial charge is 0.0166 e. The molecule has 0 amide bonds. The Balaban J connectivity index is 1.85. The zero-order valence-electron chi connectivity index (χ0n) is 11.0. The molecule has 1 heterocycles. The standard InChI is InChI=1S/C15H24N2/c1-13-10-16-14(2)12-17(11-13)9-8-15-6-4-3-5-7-15/h3-7,13-14,16H,8-12H2,1-2H3. The van der Waals surface area contributed by atoms with Crippen molar-refractivity contribution in [3.05, 3.63) is 35.9 Å². The first-order chi connectivity index (χ1) is 8.24. The van der Waals surface area contributed by atoms with E-state index in [-0.39, 0.29) is 0 Å². The van der Waals surface area contributed by atoms with E-state index in [9.17, 15) is 0 Å². The molecule has 0 saturated carbocycles. The SMILES string of the molecule is CC1CNC(C)CN(CCc2ccccc2)C1. The Morgan fingerprint density at radius 3 is 2.71 bits per heavy atom. The van der Waals surface area contributed by atoms with Gasteiger partial charge in [0.25, 0.3) is 0 Å². The molecule has 1 N–H and O–H groups in total. The summed E-state index contributed by atoms with van der Waals surface area (Å²) >= 11 is 0. The predicted octanol–water partition coefficient (Wildman–Crippen LogP) is 2.16. The molecule has 2 atom stereocenters. The van der Waals surface area contributed by atoms with E-state index in [1.54, 1.807) is 0 Å². The van der Waals surface area contributed by atoms with Crippen LogP contribution in [0.25, 0.3) is 0 Å². The van der Waals surface area contributed by atoms with E-state index in [4.69, 9.17) is 0 Å². The molecule has 1 aromatic carbocycles. The lowest BCUT2D eigenvalue weighted by molar-refractivity contribution is 0.255. The quantitative estimate of drug-likeness (QED) is 0.859. The maximum absolute atomic E-state index is 3.58. The Hall–Kier alpha value is -0.860. The maximum atomic E-state index is 3.58. The molecule has 2 rings (SSSR count). The average Bonchev–Trinajstić information content (AvgIpc) is 2.50. The molecule has 17 heavy (non-hydrogen) atoms. The van der Waals surface area contributed by atoms with Gasteiger partial charge in [-0.15, -0.1) is 0 Å². The van der Waals surface area contributed by atoms with Gasteiger partial charge >= 0.3 is 0 Å². The van der Waals surface area contributed by atoms with Crippen molar-refractivity contribution in [1.82, 2.24) is 10.2 Å². The van der Waals surface area contributed by atoms with Gasteiger partial charge in [0.2, 0.25) is 0 Å². The molecule has 0 aliphatic carbocycles. The van der Waals surface area contributed by atoms with Crippen LogP contribution in [0.15, 0.2) is 30.3 Å². The van der Waals surface area contributed by atoms with Gasteiger partial charge in [-0.25, -0.2) is 0 Å². The molecular weight excluding hydrogens is 208 g/mol. The lowest BCUT2D eigenvalue weighted by atomic mass is 10.1. The first-order valence-electron chi connectivity index (χ1n) is 6.73. The Bertz CT molecular complexity index is 311. The fourth-order valence-corrected chi connectivity index (χ4v) is 2.55. The van der Waals surface area contributed by atoms with Gasteiger partial charge in [-0.2, -0.15) is 0 Å². The highest BCUT2D eigenvalue weighted by Crippen LogP contribution is 2.08. The summed E-state index contributed by atoms with van der Waals surface area (Å²) < 4.78 is 0. The Labute approximate surface area is 105 Å². The Morgan fingerprint density at radius 1 is 1.18 bits per heavy atom. The fraction of sp³-hybridized carbons (Fsp3) is 0.600. The minimum atomic E-state index is 0.621. The number of nitrogens with zero attached hydrogens (tertiary/aromatic N) is 1. The molecule has 1 saturated heterocycles. The van der Waals surface area contributed by atoms with Crippen LogP contribution in [-0.4, -0.2) is 37.1 Å². The van der Waals surface area contributed by atoms with E-state index >= 15 is 0 Å². The largest absolute Gasteiger partial charge is 0.313 e. The van der Waals surface area contributed by atoms with E-state index in [2.05, 4.69) is 54.4 Å². The van der Waals surface area contributed by atoms with Gasteiger partial charge in [-0.05, 0) is 31.4 Å². The van der Waals surface area contributed by atoms with Crippen molar-refractivity contribution < 1.29 is 0 Å². The number of hydrogen-bond acceptors (Lipinski definition) is 2. The summed E-state index contributed by atoms with van der Waals surface area (Å²) in [4.78, 5) is 2.60. The van der Waals surface area contributed by atoms with E-state index in [0.717, 1.165) is 12.5 Å². The van der Waals surface area contributed by atoms with Gasteiger partial charge in [0, 0.05) is 25.7 Å². The molecule has 0 bridgehead atoms.